The topological polar surface area (TPSA) is 62.4 Å². The minimum atomic E-state index is -1.84. The summed E-state index contributed by atoms with van der Waals surface area (Å²) in [7, 11) is 0. The van der Waals surface area contributed by atoms with Gasteiger partial charge in [0.25, 0.3) is 0 Å². The second-order valence-corrected chi connectivity index (χ2v) is 9.00. The van der Waals surface area contributed by atoms with Gasteiger partial charge in [0.15, 0.2) is 11.3 Å². The molecule has 1 aromatic carbocycles. The van der Waals surface area contributed by atoms with Crippen molar-refractivity contribution in [1.82, 2.24) is 10.6 Å². The van der Waals surface area contributed by atoms with Crippen molar-refractivity contribution < 1.29 is 9.53 Å². The zero-order valence-electron chi connectivity index (χ0n) is 12.6. The maximum atomic E-state index is 11.6. The minimum absolute atomic E-state index is 0.158. The van der Waals surface area contributed by atoms with Crippen LogP contribution >= 0.6 is 78.9 Å². The molecule has 11 heteroatoms. The molecule has 0 bridgehead atoms. The van der Waals surface area contributed by atoms with Gasteiger partial charge in [-0.25, -0.2) is 4.79 Å². The van der Waals surface area contributed by atoms with Crippen molar-refractivity contribution in [2.45, 2.75) is 23.8 Å². The molecular weight excluding hydrogens is 528 g/mol. The Morgan fingerprint density at radius 3 is 2.46 bits per heavy atom. The van der Waals surface area contributed by atoms with E-state index in [1.807, 2.05) is 19.1 Å². The summed E-state index contributed by atoms with van der Waals surface area (Å²) in [6.07, 6.45) is -1.82. The maximum absolute atomic E-state index is 11.6. The maximum Gasteiger partial charge on any atom is 0.408 e. The van der Waals surface area contributed by atoms with Gasteiger partial charge in [-0.2, -0.15) is 0 Å². The number of alkyl carbamates (subject to hydrolysis) is 1. The van der Waals surface area contributed by atoms with Crippen LogP contribution in [0.25, 0.3) is 0 Å². The predicted molar refractivity (Wildman–Crippen MR) is 110 cm³/mol. The van der Waals surface area contributed by atoms with Gasteiger partial charge >= 0.3 is 6.09 Å². The summed E-state index contributed by atoms with van der Waals surface area (Å²) in [5, 5.41) is 8.26. The van der Waals surface area contributed by atoms with Crippen LogP contribution in [-0.2, 0) is 4.74 Å². The Kier molecular flexibility index (Phi) is 8.85. The van der Waals surface area contributed by atoms with Crippen molar-refractivity contribution in [3.05, 3.63) is 26.6 Å². The Bertz CT molecular complexity index is 629. The van der Waals surface area contributed by atoms with E-state index in [2.05, 4.69) is 47.8 Å². The molecule has 1 rings (SSSR count). The number of carbonyl (C=O) groups is 1. The lowest BCUT2D eigenvalue weighted by Gasteiger charge is -2.27. The van der Waals surface area contributed by atoms with Crippen LogP contribution < -0.4 is 16.0 Å². The first kappa shape index (κ1) is 22.1. The number of carbonyl (C=O) groups excluding carboxylic acids is 1. The first-order chi connectivity index (χ1) is 11.0. The van der Waals surface area contributed by atoms with Gasteiger partial charge in [-0.3, -0.25) is 5.32 Å². The molecule has 0 aromatic heterocycles. The number of benzene rings is 1. The highest BCUT2D eigenvalue weighted by Gasteiger charge is 2.35. The molecule has 1 amide bonds. The molecule has 1 aromatic rings. The normalized spacial score (nSPS) is 12.3. The highest BCUT2D eigenvalue weighted by Crippen LogP contribution is 2.31. The van der Waals surface area contributed by atoms with E-state index in [9.17, 15) is 4.79 Å². The average molecular weight is 543 g/mol. The molecule has 24 heavy (non-hydrogen) atoms. The summed E-state index contributed by atoms with van der Waals surface area (Å²) < 4.78 is 4.66. The van der Waals surface area contributed by atoms with E-state index in [1.54, 1.807) is 6.92 Å². The predicted octanol–water partition coefficient (Wildman–Crippen LogP) is 5.25. The summed E-state index contributed by atoms with van der Waals surface area (Å²) in [6, 6.07) is 3.76. The van der Waals surface area contributed by atoms with Crippen molar-refractivity contribution in [2.24, 2.45) is 0 Å². The number of anilines is 1. The summed E-state index contributed by atoms with van der Waals surface area (Å²) in [4.78, 5) is 11.6. The van der Waals surface area contributed by atoms with Crippen LogP contribution in [0.1, 0.15) is 12.5 Å². The standard InChI is InChI=1S/C13H14Br2Cl3N3O2S/c1-3-23-12(22)21-10(13(16,17)18)20-11(24)19-9-4-6(2)7(14)5-8(9)15/h4-5,10H,3H2,1-2H3,(H,21,22)(H2,19,20,24)/t10-/m0/s1. The van der Waals surface area contributed by atoms with Gasteiger partial charge in [0.1, 0.15) is 0 Å². The zero-order chi connectivity index (χ0) is 18.5. The minimum Gasteiger partial charge on any atom is -0.450 e. The second-order valence-electron chi connectivity index (χ2n) is 4.52. The van der Waals surface area contributed by atoms with E-state index in [-0.39, 0.29) is 11.7 Å². The van der Waals surface area contributed by atoms with Gasteiger partial charge in [0.2, 0.25) is 3.79 Å². The fraction of sp³-hybridized carbons (Fsp3) is 0.385. The number of ether oxygens (including phenoxy) is 1. The molecule has 0 saturated heterocycles. The first-order valence-corrected chi connectivity index (χ1v) is 9.70. The van der Waals surface area contributed by atoms with Gasteiger partial charge in [-0.15, -0.1) is 0 Å². The van der Waals surface area contributed by atoms with Crippen molar-refractivity contribution in [1.29, 1.82) is 0 Å². The summed E-state index contributed by atoms with van der Waals surface area (Å²) in [6.45, 7) is 3.79. The molecule has 3 N–H and O–H groups in total. The molecule has 0 aliphatic heterocycles. The van der Waals surface area contributed by atoms with Crippen molar-refractivity contribution in [2.75, 3.05) is 11.9 Å². The number of amides is 1. The molecule has 0 aliphatic carbocycles. The van der Waals surface area contributed by atoms with Gasteiger partial charge in [0, 0.05) is 8.95 Å². The van der Waals surface area contributed by atoms with Crippen LogP contribution in [-0.4, -0.2) is 27.8 Å². The second kappa shape index (κ2) is 9.64. The monoisotopic (exact) mass is 539 g/mol. The number of aryl methyl sites for hydroxylation is 1. The largest absolute Gasteiger partial charge is 0.450 e. The van der Waals surface area contributed by atoms with Crippen LogP contribution in [0.5, 0.6) is 0 Å². The molecule has 5 nitrogen and oxygen atoms in total. The molecule has 0 fully saturated rings. The first-order valence-electron chi connectivity index (χ1n) is 6.57. The van der Waals surface area contributed by atoms with Gasteiger partial charge in [-0.05, 0) is 59.7 Å². The molecule has 0 saturated carbocycles. The van der Waals surface area contributed by atoms with Crippen LogP contribution in [0.4, 0.5) is 10.5 Å². The number of hydrogen-bond donors (Lipinski definition) is 3. The highest BCUT2D eigenvalue weighted by atomic mass is 79.9. The van der Waals surface area contributed by atoms with Crippen LogP contribution in [0.3, 0.4) is 0 Å². The zero-order valence-corrected chi connectivity index (χ0v) is 18.8. The third-order valence-corrected chi connectivity index (χ3v) is 5.02. The smallest absolute Gasteiger partial charge is 0.408 e. The quantitative estimate of drug-likeness (QED) is 0.276. The van der Waals surface area contributed by atoms with Gasteiger partial charge in [0.05, 0.1) is 12.3 Å². The van der Waals surface area contributed by atoms with Gasteiger partial charge in [-0.1, -0.05) is 50.7 Å². The number of alkyl halides is 3. The lowest BCUT2D eigenvalue weighted by molar-refractivity contribution is 0.147. The Labute approximate surface area is 177 Å². The van der Waals surface area contributed by atoms with E-state index >= 15 is 0 Å². The third kappa shape index (κ3) is 7.09. The van der Waals surface area contributed by atoms with Gasteiger partial charge < -0.3 is 15.4 Å². The van der Waals surface area contributed by atoms with E-state index in [0.717, 1.165) is 14.5 Å². The highest BCUT2D eigenvalue weighted by molar-refractivity contribution is 9.11. The number of thiocarbonyl (C=S) groups is 1. The van der Waals surface area contributed by atoms with Crippen molar-refractivity contribution in [3.63, 3.8) is 0 Å². The SMILES string of the molecule is CCOC(=O)N[C@H](NC(=S)Nc1cc(C)c(Br)cc1Br)C(Cl)(Cl)Cl. The fourth-order valence-corrected chi connectivity index (χ4v) is 3.18. The third-order valence-electron chi connectivity index (χ3n) is 2.64. The van der Waals surface area contributed by atoms with Crippen LogP contribution in [0.15, 0.2) is 21.1 Å². The molecule has 0 radical (unpaired) electrons. The lowest BCUT2D eigenvalue weighted by Crippen LogP contribution is -2.56. The number of hydrogen-bond acceptors (Lipinski definition) is 3. The van der Waals surface area contributed by atoms with E-state index in [4.69, 9.17) is 51.8 Å². The average Bonchev–Trinajstić information content (AvgIpc) is 2.43. The lowest BCUT2D eigenvalue weighted by atomic mass is 10.2. The molecule has 0 heterocycles. The Morgan fingerprint density at radius 2 is 1.92 bits per heavy atom. The summed E-state index contributed by atoms with van der Waals surface area (Å²) >= 11 is 29.7. The Morgan fingerprint density at radius 1 is 1.29 bits per heavy atom. The number of rotatable bonds is 4. The number of halogens is 5. The Hall–Kier alpha value is 0.0100. The molecule has 0 spiro atoms. The number of nitrogens with one attached hydrogen (secondary N) is 3. The van der Waals surface area contributed by atoms with Crippen molar-refractivity contribution >= 4 is 95.8 Å². The Balaban J connectivity index is 2.82. The molecule has 134 valence electrons. The molecule has 0 unspecified atom stereocenters. The molecule has 0 aliphatic rings. The van der Waals surface area contributed by atoms with Crippen LogP contribution in [0, 0.1) is 6.92 Å². The summed E-state index contributed by atoms with van der Waals surface area (Å²) in [5.74, 6) is 0. The fourth-order valence-electron chi connectivity index (χ4n) is 1.53. The van der Waals surface area contributed by atoms with E-state index < -0.39 is 16.1 Å². The van der Waals surface area contributed by atoms with E-state index in [0.29, 0.717) is 5.69 Å². The van der Waals surface area contributed by atoms with E-state index in [1.165, 1.54) is 0 Å². The summed E-state index contributed by atoms with van der Waals surface area (Å²) in [5.41, 5.74) is 1.72. The molecule has 1 atom stereocenters. The van der Waals surface area contributed by atoms with Crippen LogP contribution in [0.2, 0.25) is 0 Å². The molecular formula is C13H14Br2Cl3N3O2S. The van der Waals surface area contributed by atoms with Crippen molar-refractivity contribution in [3.8, 4) is 0 Å².